The van der Waals surface area contributed by atoms with E-state index in [1.807, 2.05) is 23.9 Å². The Labute approximate surface area is 124 Å². The third-order valence-electron chi connectivity index (χ3n) is 3.72. The fourth-order valence-electron chi connectivity index (χ4n) is 2.47. The molecule has 0 aliphatic carbocycles. The average molecular weight is 294 g/mol. The summed E-state index contributed by atoms with van der Waals surface area (Å²) in [5.74, 6) is 0.139. The van der Waals surface area contributed by atoms with Gasteiger partial charge in [0.2, 0.25) is 0 Å². The van der Waals surface area contributed by atoms with Crippen LogP contribution in [0.2, 0.25) is 0 Å². The molecule has 5 heteroatoms. The van der Waals surface area contributed by atoms with Crippen LogP contribution in [0.5, 0.6) is 0 Å². The number of hydrogen-bond acceptors (Lipinski definition) is 4. The summed E-state index contributed by atoms with van der Waals surface area (Å²) in [7, 11) is 0. The van der Waals surface area contributed by atoms with Gasteiger partial charge in [0.05, 0.1) is 5.56 Å². The van der Waals surface area contributed by atoms with E-state index in [9.17, 15) is 9.90 Å². The molecule has 0 saturated carbocycles. The van der Waals surface area contributed by atoms with Crippen molar-refractivity contribution in [2.75, 3.05) is 24.6 Å². The van der Waals surface area contributed by atoms with Gasteiger partial charge in [0.25, 0.3) is 0 Å². The fourth-order valence-corrected chi connectivity index (χ4v) is 3.61. The number of thioether (sulfide) groups is 1. The number of hydrogen-bond donors (Lipinski definition) is 2. The first kappa shape index (κ1) is 15.2. The van der Waals surface area contributed by atoms with E-state index >= 15 is 0 Å². The first-order chi connectivity index (χ1) is 9.39. The molecule has 0 amide bonds. The third kappa shape index (κ3) is 3.67. The number of carboxylic acid groups (broad SMARTS) is 1. The smallest absolute Gasteiger partial charge is 0.338 e. The Morgan fingerprint density at radius 2 is 2.20 bits per heavy atom. The molecule has 0 bridgehead atoms. The van der Waals surface area contributed by atoms with Gasteiger partial charge in [-0.2, -0.15) is 11.8 Å². The number of anilines is 1. The van der Waals surface area contributed by atoms with Crippen molar-refractivity contribution >= 4 is 23.4 Å². The molecule has 1 heterocycles. The topological polar surface area (TPSA) is 66.6 Å². The predicted molar refractivity (Wildman–Crippen MR) is 84.2 cm³/mol. The van der Waals surface area contributed by atoms with Crippen LogP contribution in [0.25, 0.3) is 0 Å². The molecule has 0 atom stereocenters. The van der Waals surface area contributed by atoms with Gasteiger partial charge >= 0.3 is 5.97 Å². The highest BCUT2D eigenvalue weighted by Gasteiger charge is 2.24. The van der Waals surface area contributed by atoms with Gasteiger partial charge in [0.1, 0.15) is 0 Å². The molecule has 3 N–H and O–H groups in total. The zero-order valence-corrected chi connectivity index (χ0v) is 12.9. The second kappa shape index (κ2) is 6.06. The number of rotatable bonds is 3. The minimum Gasteiger partial charge on any atom is -0.478 e. The van der Waals surface area contributed by atoms with Crippen molar-refractivity contribution < 1.29 is 9.90 Å². The quantitative estimate of drug-likeness (QED) is 0.839. The second-order valence-corrected chi connectivity index (χ2v) is 7.62. The number of benzene rings is 1. The molecule has 0 spiro atoms. The molecule has 4 nitrogen and oxygen atoms in total. The molecule has 0 unspecified atom stereocenters. The fraction of sp³-hybridized carbons (Fsp3) is 0.533. The van der Waals surface area contributed by atoms with Crippen LogP contribution >= 0.6 is 11.8 Å². The molecule has 1 aromatic carbocycles. The molecule has 1 aromatic rings. The van der Waals surface area contributed by atoms with Crippen LogP contribution in [-0.2, 0) is 6.54 Å². The Kier molecular flexibility index (Phi) is 4.60. The van der Waals surface area contributed by atoms with Gasteiger partial charge in [0.15, 0.2) is 0 Å². The van der Waals surface area contributed by atoms with Crippen LogP contribution in [0.3, 0.4) is 0 Å². The summed E-state index contributed by atoms with van der Waals surface area (Å²) in [6, 6.07) is 5.34. The molecule has 2 rings (SSSR count). The van der Waals surface area contributed by atoms with Crippen LogP contribution in [-0.4, -0.2) is 39.6 Å². The zero-order chi connectivity index (χ0) is 14.8. The Hall–Kier alpha value is -1.20. The largest absolute Gasteiger partial charge is 0.478 e. The summed E-state index contributed by atoms with van der Waals surface area (Å²) in [4.78, 5) is 13.7. The predicted octanol–water partition coefficient (Wildman–Crippen LogP) is 2.68. The Balaban J connectivity index is 2.14. The summed E-state index contributed by atoms with van der Waals surface area (Å²) >= 11 is 1.99. The van der Waals surface area contributed by atoms with Gasteiger partial charge in [-0.3, -0.25) is 4.90 Å². The molecule has 0 aromatic heterocycles. The van der Waals surface area contributed by atoms with E-state index in [0.717, 1.165) is 30.8 Å². The summed E-state index contributed by atoms with van der Waals surface area (Å²) in [5.41, 5.74) is 7.21. The lowest BCUT2D eigenvalue weighted by Crippen LogP contribution is -2.27. The number of carboxylic acids is 1. The molecule has 20 heavy (non-hydrogen) atoms. The average Bonchev–Trinajstić information content (AvgIpc) is 2.50. The first-order valence-corrected chi connectivity index (χ1v) is 7.84. The van der Waals surface area contributed by atoms with Crippen molar-refractivity contribution in [3.8, 4) is 0 Å². The van der Waals surface area contributed by atoms with E-state index in [1.165, 1.54) is 0 Å². The van der Waals surface area contributed by atoms with Crippen molar-refractivity contribution in [1.29, 1.82) is 0 Å². The van der Waals surface area contributed by atoms with Crippen LogP contribution in [0.15, 0.2) is 18.2 Å². The summed E-state index contributed by atoms with van der Waals surface area (Å²) in [6.07, 6.45) is 1.11. The van der Waals surface area contributed by atoms with Crippen molar-refractivity contribution in [2.45, 2.75) is 31.6 Å². The summed E-state index contributed by atoms with van der Waals surface area (Å²) in [5, 5.41) is 9.31. The van der Waals surface area contributed by atoms with E-state index < -0.39 is 5.97 Å². The Morgan fingerprint density at radius 1 is 1.45 bits per heavy atom. The van der Waals surface area contributed by atoms with E-state index in [4.69, 9.17) is 5.73 Å². The van der Waals surface area contributed by atoms with E-state index in [2.05, 4.69) is 18.7 Å². The normalized spacial score (nSPS) is 19.5. The van der Waals surface area contributed by atoms with E-state index in [0.29, 0.717) is 17.0 Å². The van der Waals surface area contributed by atoms with E-state index in [1.54, 1.807) is 6.07 Å². The molecule has 1 aliphatic rings. The maximum Gasteiger partial charge on any atom is 0.338 e. The molecule has 1 saturated heterocycles. The highest BCUT2D eigenvalue weighted by molar-refractivity contribution is 8.00. The van der Waals surface area contributed by atoms with Crippen LogP contribution in [0.4, 0.5) is 5.69 Å². The standard InChI is InChI=1S/C15H22N2O2S/c1-15(2)6-7-17(8-9-20-15)10-11-4-3-5-12(16)13(11)14(18)19/h3-5H,6-10,16H2,1-2H3,(H,18,19). The molecular formula is C15H22N2O2S. The number of carbonyl (C=O) groups is 1. The maximum atomic E-state index is 11.4. The van der Waals surface area contributed by atoms with Gasteiger partial charge in [-0.1, -0.05) is 26.0 Å². The molecular weight excluding hydrogens is 272 g/mol. The van der Waals surface area contributed by atoms with Crippen LogP contribution in [0.1, 0.15) is 36.2 Å². The number of nitrogens with two attached hydrogens (primary N) is 1. The van der Waals surface area contributed by atoms with Crippen molar-refractivity contribution in [2.24, 2.45) is 0 Å². The van der Waals surface area contributed by atoms with Gasteiger partial charge in [0, 0.05) is 29.3 Å². The zero-order valence-electron chi connectivity index (χ0n) is 12.1. The minimum atomic E-state index is -0.942. The van der Waals surface area contributed by atoms with Crippen LogP contribution in [0, 0.1) is 0 Å². The van der Waals surface area contributed by atoms with Gasteiger partial charge in [-0.15, -0.1) is 0 Å². The Morgan fingerprint density at radius 3 is 2.90 bits per heavy atom. The molecule has 110 valence electrons. The summed E-state index contributed by atoms with van der Waals surface area (Å²) < 4.78 is 0.306. The summed E-state index contributed by atoms with van der Waals surface area (Å²) in [6.45, 7) is 7.17. The lowest BCUT2D eigenvalue weighted by molar-refractivity contribution is 0.0695. The SMILES string of the molecule is CC1(C)CCN(Cc2cccc(N)c2C(=O)O)CCS1. The third-order valence-corrected chi connectivity index (χ3v) is 5.09. The lowest BCUT2D eigenvalue weighted by atomic mass is 10.0. The second-order valence-electron chi connectivity index (χ2n) is 5.82. The van der Waals surface area contributed by atoms with E-state index in [-0.39, 0.29) is 5.56 Å². The monoisotopic (exact) mass is 294 g/mol. The number of nitrogen functional groups attached to an aromatic ring is 1. The molecule has 1 fully saturated rings. The van der Waals surface area contributed by atoms with Gasteiger partial charge in [-0.25, -0.2) is 4.79 Å². The molecule has 1 aliphatic heterocycles. The van der Waals surface area contributed by atoms with Crippen LogP contribution < -0.4 is 5.73 Å². The number of nitrogens with zero attached hydrogens (tertiary/aromatic N) is 1. The van der Waals surface area contributed by atoms with Crippen molar-refractivity contribution in [1.82, 2.24) is 4.90 Å². The maximum absolute atomic E-state index is 11.4. The number of aromatic carboxylic acids is 1. The minimum absolute atomic E-state index is 0.253. The Bertz CT molecular complexity index is 503. The van der Waals surface area contributed by atoms with Gasteiger partial charge < -0.3 is 10.8 Å². The highest BCUT2D eigenvalue weighted by atomic mass is 32.2. The van der Waals surface area contributed by atoms with Crippen molar-refractivity contribution in [3.63, 3.8) is 0 Å². The van der Waals surface area contributed by atoms with Crippen molar-refractivity contribution in [3.05, 3.63) is 29.3 Å². The highest BCUT2D eigenvalue weighted by Crippen LogP contribution is 2.31. The lowest BCUT2D eigenvalue weighted by Gasteiger charge is -2.23. The van der Waals surface area contributed by atoms with Gasteiger partial charge in [-0.05, 0) is 24.6 Å². The molecule has 0 radical (unpaired) electrons. The first-order valence-electron chi connectivity index (χ1n) is 6.86.